The van der Waals surface area contributed by atoms with Gasteiger partial charge < -0.3 is 124 Å². The van der Waals surface area contributed by atoms with Gasteiger partial charge in [0.25, 0.3) is 0 Å². The number of rotatable bonds is 50. The van der Waals surface area contributed by atoms with Gasteiger partial charge in [0, 0.05) is 44.8 Å². The molecule has 0 aliphatic carbocycles. The van der Waals surface area contributed by atoms with Gasteiger partial charge in [-0.2, -0.15) is 12.6 Å². The third-order valence-corrected chi connectivity index (χ3v) is 17.3. The van der Waals surface area contributed by atoms with Crippen molar-refractivity contribution in [3.63, 3.8) is 0 Å². The fourth-order valence-electron chi connectivity index (χ4n) is 10.9. The summed E-state index contributed by atoms with van der Waals surface area (Å²) in [5, 5.41) is 66.6. The number of aliphatic imine (C=N–C) groups is 3. The molecule has 29 N–H and O–H groups in total. The van der Waals surface area contributed by atoms with E-state index in [4.69, 9.17) is 40.1 Å². The van der Waals surface area contributed by atoms with Crippen molar-refractivity contribution >= 4 is 119 Å². The molecular formula is C66H110N22O19S. The number of thiol groups is 1. The number of nitrogens with two attached hydrogens (primary N) is 7. The summed E-state index contributed by atoms with van der Waals surface area (Å²) in [6, 6.07) is -10.2. The lowest BCUT2D eigenvalue weighted by Crippen LogP contribution is -2.62. The lowest BCUT2D eigenvalue weighted by atomic mass is 9.96. The summed E-state index contributed by atoms with van der Waals surface area (Å²) in [5.41, 5.74) is 39.3. The Morgan fingerprint density at radius 3 is 1.47 bits per heavy atom. The third kappa shape index (κ3) is 34.7. The van der Waals surface area contributed by atoms with E-state index < -0.39 is 206 Å². The van der Waals surface area contributed by atoms with Crippen LogP contribution in [0.1, 0.15) is 131 Å². The summed E-state index contributed by atoms with van der Waals surface area (Å²) in [6.45, 7) is 8.06. The SMILES string of the molecule is CC[C@H](C)[C@H](NC(=O)[C@H](CO)NC(=O)[C@H](CCC(=O)O)NC(=O)[C@H](Cc1ccccc1)NC(=O)[C@H](CCCN=C(N)N)NC(=O)[C@@H](NC(=O)[C@H](CC(=O)O)NC(=O)[C@@H](N)CCCN=C(N)N)C(C)C)C(=O)N[C@@H](CCCN=C(N)N)C(=O)N[C@@H](CC(C)C)C(=O)N1CCC[C@H]1C(=O)NCC(=O)N[C@@H](CS)C(=O)O. The van der Waals surface area contributed by atoms with Gasteiger partial charge in [0.2, 0.25) is 70.9 Å². The van der Waals surface area contributed by atoms with Gasteiger partial charge in [-0.15, -0.1) is 0 Å². The van der Waals surface area contributed by atoms with Gasteiger partial charge in [-0.3, -0.25) is 82.1 Å². The smallest absolute Gasteiger partial charge is 0.327 e. The van der Waals surface area contributed by atoms with E-state index >= 15 is 0 Å². The molecule has 1 aromatic carbocycles. The molecule has 1 aromatic rings. The Labute approximate surface area is 630 Å². The number of likely N-dealkylation sites (tertiary alicyclic amines) is 1. The predicted molar refractivity (Wildman–Crippen MR) is 396 cm³/mol. The van der Waals surface area contributed by atoms with Crippen molar-refractivity contribution in [2.45, 2.75) is 204 Å². The molecule has 0 bridgehead atoms. The second-order valence-electron chi connectivity index (χ2n) is 26.6. The molecule has 0 saturated carbocycles. The monoisotopic (exact) mass is 1550 g/mol. The highest BCUT2D eigenvalue weighted by atomic mass is 32.1. The molecule has 42 heteroatoms. The number of amides is 12. The van der Waals surface area contributed by atoms with Crippen LogP contribution in [-0.2, 0) is 78.3 Å². The van der Waals surface area contributed by atoms with Gasteiger partial charge >= 0.3 is 17.9 Å². The van der Waals surface area contributed by atoms with Crippen molar-refractivity contribution in [2.24, 2.45) is 72.9 Å². The van der Waals surface area contributed by atoms with Gasteiger partial charge in [-0.05, 0) is 87.5 Å². The van der Waals surface area contributed by atoms with Crippen LogP contribution in [0.15, 0.2) is 45.3 Å². The van der Waals surface area contributed by atoms with Crippen LogP contribution in [0.5, 0.6) is 0 Å². The molecule has 41 nitrogen and oxygen atoms in total. The lowest BCUT2D eigenvalue weighted by Gasteiger charge is -2.31. The Balaban J connectivity index is 2.54. The van der Waals surface area contributed by atoms with Crippen LogP contribution in [0.25, 0.3) is 0 Å². The summed E-state index contributed by atoms with van der Waals surface area (Å²) in [7, 11) is 0. The van der Waals surface area contributed by atoms with Crippen molar-refractivity contribution < 1.29 is 92.3 Å². The minimum absolute atomic E-state index is 0.00269. The first-order chi connectivity index (χ1) is 50.8. The van der Waals surface area contributed by atoms with Crippen LogP contribution in [0, 0.1) is 17.8 Å². The normalized spacial score (nSPS) is 15.8. The summed E-state index contributed by atoms with van der Waals surface area (Å²) in [5.74, 6) is -18.8. The Morgan fingerprint density at radius 2 is 0.991 bits per heavy atom. The average Bonchev–Trinajstić information content (AvgIpc) is 1.66. The molecule has 0 unspecified atom stereocenters. The molecule has 604 valence electrons. The van der Waals surface area contributed by atoms with Gasteiger partial charge in [-0.25, -0.2) is 4.79 Å². The van der Waals surface area contributed by atoms with E-state index in [0.29, 0.717) is 12.0 Å². The second kappa shape index (κ2) is 48.5. The molecule has 1 saturated heterocycles. The van der Waals surface area contributed by atoms with Crippen LogP contribution in [0.2, 0.25) is 0 Å². The first kappa shape index (κ1) is 93.4. The maximum Gasteiger partial charge on any atom is 0.327 e. The molecule has 1 heterocycles. The van der Waals surface area contributed by atoms with E-state index in [-0.39, 0.29) is 120 Å². The van der Waals surface area contributed by atoms with Crippen molar-refractivity contribution in [3.8, 4) is 0 Å². The molecular weight excluding hydrogens is 1440 g/mol. The van der Waals surface area contributed by atoms with E-state index in [1.54, 1.807) is 58.0 Å². The van der Waals surface area contributed by atoms with Crippen molar-refractivity contribution in [1.29, 1.82) is 0 Å². The van der Waals surface area contributed by atoms with E-state index in [1.807, 2.05) is 0 Å². The fraction of sp³-hybridized carbons (Fsp3) is 0.636. The highest BCUT2D eigenvalue weighted by molar-refractivity contribution is 7.80. The molecule has 108 heavy (non-hydrogen) atoms. The number of hydrogen-bond acceptors (Lipinski definition) is 21. The Bertz CT molecular complexity index is 3320. The zero-order valence-corrected chi connectivity index (χ0v) is 62.5. The molecule has 13 atom stereocenters. The summed E-state index contributed by atoms with van der Waals surface area (Å²) >= 11 is 3.92. The number of carboxylic acid groups (broad SMARTS) is 3. The Hall–Kier alpha value is -10.6. The molecule has 12 amide bonds. The molecule has 1 aliphatic rings. The molecule has 0 radical (unpaired) electrons. The maximum atomic E-state index is 14.7. The molecule has 2 rings (SSSR count). The van der Waals surface area contributed by atoms with Crippen LogP contribution in [-0.4, -0.2) is 250 Å². The third-order valence-electron chi connectivity index (χ3n) is 16.9. The maximum absolute atomic E-state index is 14.7. The number of carbonyl (C=O) groups is 15. The number of nitrogens with one attached hydrogen (secondary N) is 11. The van der Waals surface area contributed by atoms with E-state index in [0.717, 1.165) is 0 Å². The fourth-order valence-corrected chi connectivity index (χ4v) is 11.2. The zero-order chi connectivity index (χ0) is 81.5. The van der Waals surface area contributed by atoms with Crippen LogP contribution in [0.3, 0.4) is 0 Å². The van der Waals surface area contributed by atoms with Crippen molar-refractivity contribution in [1.82, 2.24) is 63.4 Å². The minimum atomic E-state index is -1.93. The average molecular weight is 1550 g/mol. The topological polar surface area (TPSA) is 692 Å². The first-order valence-electron chi connectivity index (χ1n) is 35.3. The first-order valence-corrected chi connectivity index (χ1v) is 35.9. The highest BCUT2D eigenvalue weighted by Crippen LogP contribution is 2.22. The molecule has 0 spiro atoms. The minimum Gasteiger partial charge on any atom is -0.481 e. The molecule has 0 aromatic heterocycles. The van der Waals surface area contributed by atoms with Crippen molar-refractivity contribution in [2.75, 3.05) is 45.1 Å². The zero-order valence-electron chi connectivity index (χ0n) is 61.6. The Kier molecular flexibility index (Phi) is 42.0. The quantitative estimate of drug-likeness (QED) is 0.0125. The number of aliphatic hydroxyl groups is 1. The predicted octanol–water partition coefficient (Wildman–Crippen LogP) is -7.23. The Morgan fingerprint density at radius 1 is 0.537 bits per heavy atom. The summed E-state index contributed by atoms with van der Waals surface area (Å²) < 4.78 is 0. The van der Waals surface area contributed by atoms with Crippen LogP contribution < -0.4 is 98.6 Å². The van der Waals surface area contributed by atoms with Crippen LogP contribution in [0.4, 0.5) is 0 Å². The van der Waals surface area contributed by atoms with Crippen LogP contribution >= 0.6 is 12.6 Å². The van der Waals surface area contributed by atoms with Gasteiger partial charge in [0.05, 0.1) is 25.6 Å². The second-order valence-corrected chi connectivity index (χ2v) is 26.9. The van der Waals surface area contributed by atoms with E-state index in [2.05, 4.69) is 86.1 Å². The van der Waals surface area contributed by atoms with Gasteiger partial charge in [0.1, 0.15) is 66.5 Å². The number of carbonyl (C=O) groups excluding carboxylic acids is 12. The number of aliphatic hydroxyl groups excluding tert-OH is 1. The van der Waals surface area contributed by atoms with Crippen molar-refractivity contribution in [3.05, 3.63) is 35.9 Å². The van der Waals surface area contributed by atoms with E-state index in [9.17, 15) is 92.3 Å². The lowest BCUT2D eigenvalue weighted by molar-refractivity contribution is -0.143. The number of benzene rings is 1. The van der Waals surface area contributed by atoms with Gasteiger partial charge in [0.15, 0.2) is 17.9 Å². The number of guanidine groups is 3. The van der Waals surface area contributed by atoms with E-state index in [1.165, 1.54) is 18.7 Å². The molecule has 1 aliphatic heterocycles. The van der Waals surface area contributed by atoms with Gasteiger partial charge in [-0.1, -0.05) is 78.3 Å². The summed E-state index contributed by atoms with van der Waals surface area (Å²) in [6.07, 6.45) is -2.03. The largest absolute Gasteiger partial charge is 0.481 e. The number of nitrogens with zero attached hydrogens (tertiary/aromatic N) is 4. The number of hydrogen-bond donors (Lipinski definition) is 23. The number of carboxylic acids is 3. The molecule has 1 fully saturated rings. The summed E-state index contributed by atoms with van der Waals surface area (Å²) in [4.78, 5) is 217. The standard InChI is InChI=1S/C66H110N22O19S/c1-7-35(6)51(61(104)81-39(19-13-25-76-66(72)73)54(97)84-43(27-33(2)3)62(105)88-26-14-20-46(88)59(102)77-30-47(90)78-45(32-108)63(106)107)87-58(101)44(31-89)85-55(98)40(21-22-48(91)92)79-56(99)41(28-36-15-9-8-10-16-36)83-53(96)38(18-12-24-75-65(70)71)80-60(103)50(34(4)5)86-57(100)42(29-49(93)94)82-52(95)37(67)17-11-23-74-64(68)69/h8-10,15-16,33-35,37-46,50-51,89,108H,7,11-14,17-32,67H2,1-6H3,(H,77,102)(H,78,90)(H,79,99)(H,80,103)(H,81,104)(H,82,95)(H,83,96)(H,84,97)(H,85,98)(H,86,100)(H,87,101)(H,91,92)(H,93,94)(H,106,107)(H4,68,69,74)(H4,70,71,75)(H4,72,73,76)/t35-,37-,38-,39-,40-,41-,42-,43-,44-,45-,46-,50-,51-/m0/s1. The number of aliphatic carboxylic acids is 3. The highest BCUT2D eigenvalue weighted by Gasteiger charge is 2.41.